The molecular weight excluding hydrogens is 224 g/mol. The molecule has 0 radical (unpaired) electrons. The van der Waals surface area contributed by atoms with E-state index in [1.807, 2.05) is 32.9 Å². The second-order valence-corrected chi connectivity index (χ2v) is 6.50. The molecule has 18 heavy (non-hydrogen) atoms. The normalized spacial score (nSPS) is 12.1. The van der Waals surface area contributed by atoms with Crippen LogP contribution < -0.4 is 0 Å². The summed E-state index contributed by atoms with van der Waals surface area (Å²) in [5, 5.41) is 9.86. The van der Waals surface area contributed by atoms with E-state index in [4.69, 9.17) is 4.74 Å². The van der Waals surface area contributed by atoms with Gasteiger partial charge in [-0.3, -0.25) is 0 Å². The van der Waals surface area contributed by atoms with Crippen molar-refractivity contribution in [3.8, 4) is 5.75 Å². The summed E-state index contributed by atoms with van der Waals surface area (Å²) >= 11 is 0. The smallest absolute Gasteiger partial charge is 0.119 e. The molecule has 0 aliphatic heterocycles. The molecule has 0 aliphatic carbocycles. The summed E-state index contributed by atoms with van der Waals surface area (Å²) in [7, 11) is 0. The van der Waals surface area contributed by atoms with Gasteiger partial charge in [-0.1, -0.05) is 34.3 Å². The number of benzene rings is 1. The van der Waals surface area contributed by atoms with Crippen molar-refractivity contribution in [1.82, 2.24) is 0 Å². The van der Waals surface area contributed by atoms with Crippen LogP contribution >= 0.6 is 0 Å². The monoisotopic (exact) mass is 252 g/mol. The zero-order valence-corrected chi connectivity index (χ0v) is 11.8. The van der Waals surface area contributed by atoms with Crippen molar-refractivity contribution < 1.29 is 9.84 Å². The first-order valence-corrected chi connectivity index (χ1v) is 6.06. The van der Waals surface area contributed by atoms with Crippen LogP contribution in [0.4, 0.5) is 0 Å². The van der Waals surface area contributed by atoms with Gasteiger partial charge in [0.15, 0.2) is 0 Å². The molecule has 1 aromatic rings. The van der Waals surface area contributed by atoms with Gasteiger partial charge < -0.3 is 9.84 Å². The van der Waals surface area contributed by atoms with E-state index in [1.165, 1.54) is 0 Å². The Bertz CT molecular complexity index is 381. The van der Waals surface area contributed by atoms with E-state index in [2.05, 4.69) is 20.8 Å². The molecule has 0 heterocycles. The van der Waals surface area contributed by atoms with Crippen LogP contribution in [0.5, 0.6) is 5.75 Å². The summed E-state index contributed by atoms with van der Waals surface area (Å²) in [4.78, 5) is 0. The van der Waals surface area contributed by atoms with Gasteiger partial charge in [-0.25, -0.2) is 0 Å². The van der Waals surface area contributed by atoms with E-state index in [0.717, 1.165) is 11.1 Å². The van der Waals surface area contributed by atoms with Crippen molar-refractivity contribution in [3.05, 3.63) is 29.3 Å². The number of hydrogen-bond donors (Lipinski definition) is 1. The Morgan fingerprint density at radius 3 is 2.06 bits per heavy atom. The van der Waals surface area contributed by atoms with Gasteiger partial charge in [0.1, 0.15) is 5.75 Å². The molecule has 0 fully saturated rings. The molecule has 0 aliphatic rings. The minimum Gasteiger partial charge on any atom is -0.508 e. The molecular formula is C16H28O2. The Morgan fingerprint density at radius 1 is 1.06 bits per heavy atom. The first-order chi connectivity index (χ1) is 7.59. The molecule has 1 aromatic carbocycles. The number of hydrogen-bond acceptors (Lipinski definition) is 2. The molecule has 0 bridgehead atoms. The molecule has 104 valence electrons. The van der Waals surface area contributed by atoms with Gasteiger partial charge in [-0.05, 0) is 49.4 Å². The molecule has 2 heteroatoms. The Kier molecular flexibility index (Phi) is 5.42. The lowest BCUT2D eigenvalue weighted by Gasteiger charge is -2.23. The second kappa shape index (κ2) is 5.75. The van der Waals surface area contributed by atoms with Gasteiger partial charge in [-0.2, -0.15) is 0 Å². The lowest BCUT2D eigenvalue weighted by Crippen LogP contribution is -2.19. The highest BCUT2D eigenvalue weighted by Gasteiger charge is 2.19. The van der Waals surface area contributed by atoms with E-state index in [1.54, 1.807) is 6.07 Å². The van der Waals surface area contributed by atoms with Gasteiger partial charge in [-0.15, -0.1) is 0 Å². The van der Waals surface area contributed by atoms with Crippen LogP contribution in [-0.2, 0) is 16.8 Å². The number of ether oxygens (including phenoxy) is 1. The van der Waals surface area contributed by atoms with Gasteiger partial charge in [0.25, 0.3) is 0 Å². The fourth-order valence-corrected chi connectivity index (χ4v) is 1.57. The minimum absolute atomic E-state index is 0. The first kappa shape index (κ1) is 17.0. The number of rotatable bonds is 2. The second-order valence-electron chi connectivity index (χ2n) is 6.50. The van der Waals surface area contributed by atoms with Crippen molar-refractivity contribution in [1.29, 1.82) is 0 Å². The van der Waals surface area contributed by atoms with Gasteiger partial charge in [0.05, 0.1) is 12.2 Å². The molecule has 0 amide bonds. The van der Waals surface area contributed by atoms with Crippen molar-refractivity contribution in [2.24, 2.45) is 0 Å². The maximum Gasteiger partial charge on any atom is 0.119 e. The Hall–Kier alpha value is -1.02. The largest absolute Gasteiger partial charge is 0.508 e. The molecule has 0 spiro atoms. The standard InChI is InChI=1S/C15H24O2.CH4/c1-14(2,3)12-9-11(7-8-13(12)16)10-17-15(4,5)6;/h7-9,16H,10H2,1-6H3;1H4. The van der Waals surface area contributed by atoms with E-state index < -0.39 is 0 Å². The number of aromatic hydroxyl groups is 1. The zero-order valence-electron chi connectivity index (χ0n) is 11.8. The fraction of sp³-hybridized carbons (Fsp3) is 0.625. The third-order valence-electron chi connectivity index (χ3n) is 2.54. The third kappa shape index (κ3) is 5.09. The van der Waals surface area contributed by atoms with Crippen LogP contribution in [0, 0.1) is 0 Å². The van der Waals surface area contributed by atoms with Crippen LogP contribution in [-0.4, -0.2) is 10.7 Å². The maximum absolute atomic E-state index is 9.86. The van der Waals surface area contributed by atoms with E-state index >= 15 is 0 Å². The molecule has 1 rings (SSSR count). The first-order valence-electron chi connectivity index (χ1n) is 6.06. The van der Waals surface area contributed by atoms with Crippen LogP contribution in [0.15, 0.2) is 18.2 Å². The van der Waals surface area contributed by atoms with Crippen LogP contribution in [0.3, 0.4) is 0 Å². The number of phenolic OH excluding ortho intramolecular Hbond substituents is 1. The van der Waals surface area contributed by atoms with Crippen LogP contribution in [0.25, 0.3) is 0 Å². The van der Waals surface area contributed by atoms with E-state index in [9.17, 15) is 5.11 Å². The molecule has 0 aromatic heterocycles. The van der Waals surface area contributed by atoms with Gasteiger partial charge >= 0.3 is 0 Å². The quantitative estimate of drug-likeness (QED) is 0.830. The summed E-state index contributed by atoms with van der Waals surface area (Å²) in [5.74, 6) is 0.358. The molecule has 2 nitrogen and oxygen atoms in total. The van der Waals surface area contributed by atoms with Crippen molar-refractivity contribution in [2.75, 3.05) is 0 Å². The van der Waals surface area contributed by atoms with Crippen molar-refractivity contribution in [2.45, 2.75) is 66.6 Å². The van der Waals surface area contributed by atoms with Crippen LogP contribution in [0.2, 0.25) is 0 Å². The highest BCUT2D eigenvalue weighted by atomic mass is 16.5. The van der Waals surface area contributed by atoms with Gasteiger partial charge in [0.2, 0.25) is 0 Å². The fourth-order valence-electron chi connectivity index (χ4n) is 1.57. The Labute approximate surface area is 112 Å². The lowest BCUT2D eigenvalue weighted by atomic mass is 9.85. The number of phenols is 1. The summed E-state index contributed by atoms with van der Waals surface area (Å²) in [6.07, 6.45) is 0. The molecule has 0 unspecified atom stereocenters. The molecule has 1 N–H and O–H groups in total. The lowest BCUT2D eigenvalue weighted by molar-refractivity contribution is -0.0150. The summed E-state index contributed by atoms with van der Waals surface area (Å²) in [5.41, 5.74) is 1.87. The van der Waals surface area contributed by atoms with E-state index in [-0.39, 0.29) is 18.4 Å². The van der Waals surface area contributed by atoms with E-state index in [0.29, 0.717) is 12.4 Å². The Morgan fingerprint density at radius 2 is 1.61 bits per heavy atom. The summed E-state index contributed by atoms with van der Waals surface area (Å²) < 4.78 is 5.74. The van der Waals surface area contributed by atoms with Crippen molar-refractivity contribution >= 4 is 0 Å². The molecule has 0 saturated heterocycles. The third-order valence-corrected chi connectivity index (χ3v) is 2.54. The Balaban J connectivity index is 0.00000289. The summed E-state index contributed by atoms with van der Waals surface area (Å²) in [6.45, 7) is 13.0. The maximum atomic E-state index is 9.86. The SMILES string of the molecule is C.CC(C)(C)OCc1ccc(O)c(C(C)(C)C)c1. The predicted molar refractivity (Wildman–Crippen MR) is 78.1 cm³/mol. The summed E-state index contributed by atoms with van der Waals surface area (Å²) in [6, 6.07) is 5.69. The topological polar surface area (TPSA) is 29.5 Å². The highest BCUT2D eigenvalue weighted by Crippen LogP contribution is 2.31. The predicted octanol–water partition coefficient (Wildman–Crippen LogP) is 4.64. The van der Waals surface area contributed by atoms with Gasteiger partial charge in [0, 0.05) is 0 Å². The van der Waals surface area contributed by atoms with Crippen molar-refractivity contribution in [3.63, 3.8) is 0 Å². The average molecular weight is 252 g/mol. The highest BCUT2D eigenvalue weighted by molar-refractivity contribution is 5.40. The molecule has 0 saturated carbocycles. The van der Waals surface area contributed by atoms with Crippen LogP contribution in [0.1, 0.15) is 60.1 Å². The average Bonchev–Trinajstić information content (AvgIpc) is 2.13. The zero-order chi connectivity index (χ0) is 13.3. The minimum atomic E-state index is -0.139. The molecule has 0 atom stereocenters.